The summed E-state index contributed by atoms with van der Waals surface area (Å²) >= 11 is 6.32. The molecule has 2 N–H and O–H groups in total. The monoisotopic (exact) mass is 463 g/mol. The molecular weight excluding hydrogens is 438 g/mol. The van der Waals surface area contributed by atoms with E-state index in [1.807, 2.05) is 13.8 Å². The second-order valence-corrected chi connectivity index (χ2v) is 9.20. The lowest BCUT2D eigenvalue weighted by Gasteiger charge is -2.14. The molecule has 1 aromatic carbocycles. The van der Waals surface area contributed by atoms with Gasteiger partial charge in [-0.25, -0.2) is 4.98 Å². The molecule has 0 spiro atoms. The number of benzene rings is 1. The molecule has 2 aliphatic rings. The Labute approximate surface area is 197 Å². The highest BCUT2D eigenvalue weighted by Gasteiger charge is 2.27. The number of hydrogen-bond acceptors (Lipinski definition) is 7. The molecule has 1 aliphatic carbocycles. The van der Waals surface area contributed by atoms with Crippen LogP contribution in [0.4, 0.5) is 0 Å². The maximum atomic E-state index is 6.32. The Morgan fingerprint density at radius 3 is 2.88 bits per heavy atom. The number of allylic oxidation sites excluding steroid dienone is 2. The van der Waals surface area contributed by atoms with E-state index in [0.717, 1.165) is 30.5 Å². The number of halogens is 1. The fourth-order valence-corrected chi connectivity index (χ4v) is 4.75. The second kappa shape index (κ2) is 8.56. The largest absolute Gasteiger partial charge is 0.474 e. The second-order valence-electron chi connectivity index (χ2n) is 8.79. The lowest BCUT2D eigenvalue weighted by Crippen LogP contribution is -2.23. The molecule has 8 heteroatoms. The van der Waals surface area contributed by atoms with Gasteiger partial charge in [0, 0.05) is 23.2 Å². The van der Waals surface area contributed by atoms with Crippen molar-refractivity contribution in [3.05, 3.63) is 70.2 Å². The lowest BCUT2D eigenvalue weighted by atomic mass is 9.92. The van der Waals surface area contributed by atoms with Gasteiger partial charge in [0.05, 0.1) is 11.7 Å². The maximum Gasteiger partial charge on any atom is 0.259 e. The Kier molecular flexibility index (Phi) is 5.58. The molecule has 2 aromatic heterocycles. The lowest BCUT2D eigenvalue weighted by molar-refractivity contribution is 0.233. The van der Waals surface area contributed by atoms with Crippen molar-refractivity contribution in [3.63, 3.8) is 0 Å². The quantitative estimate of drug-likeness (QED) is 0.501. The van der Waals surface area contributed by atoms with E-state index < -0.39 is 0 Å². The van der Waals surface area contributed by atoms with E-state index in [4.69, 9.17) is 20.9 Å². The van der Waals surface area contributed by atoms with E-state index in [0.29, 0.717) is 34.1 Å². The van der Waals surface area contributed by atoms with Crippen molar-refractivity contribution in [2.75, 3.05) is 0 Å². The summed E-state index contributed by atoms with van der Waals surface area (Å²) in [5.41, 5.74) is 14.0. The van der Waals surface area contributed by atoms with Crippen LogP contribution in [-0.2, 0) is 6.42 Å². The predicted molar refractivity (Wildman–Crippen MR) is 128 cm³/mol. The molecule has 170 valence electrons. The highest BCUT2D eigenvalue weighted by Crippen LogP contribution is 2.41. The summed E-state index contributed by atoms with van der Waals surface area (Å²) in [6.07, 6.45) is 6.83. The molecule has 1 unspecified atom stereocenters. The van der Waals surface area contributed by atoms with E-state index in [1.54, 1.807) is 12.3 Å². The highest BCUT2D eigenvalue weighted by molar-refractivity contribution is 6.32. The Bertz CT molecular complexity index is 1260. The van der Waals surface area contributed by atoms with Crippen LogP contribution in [0, 0.1) is 6.92 Å². The van der Waals surface area contributed by atoms with Crippen LogP contribution in [0.2, 0.25) is 5.02 Å². The van der Waals surface area contributed by atoms with Crippen LogP contribution in [0.5, 0.6) is 5.88 Å². The number of rotatable bonds is 6. The van der Waals surface area contributed by atoms with Crippen LogP contribution in [0.3, 0.4) is 0 Å². The van der Waals surface area contributed by atoms with Gasteiger partial charge in [0.1, 0.15) is 5.02 Å². The van der Waals surface area contributed by atoms with E-state index in [1.165, 1.54) is 22.4 Å². The van der Waals surface area contributed by atoms with Crippen LogP contribution in [0.25, 0.3) is 22.8 Å². The number of aromatic nitrogens is 3. The molecule has 3 heterocycles. The van der Waals surface area contributed by atoms with Crippen LogP contribution < -0.4 is 15.6 Å². The van der Waals surface area contributed by atoms with Crippen LogP contribution in [0.15, 0.2) is 53.0 Å². The number of ether oxygens (including phenoxy) is 1. The molecule has 1 aliphatic heterocycles. The molecule has 0 amide bonds. The minimum atomic E-state index is -0.0134. The van der Waals surface area contributed by atoms with Crippen molar-refractivity contribution >= 4 is 11.6 Å². The average Bonchev–Trinajstić information content (AvgIpc) is 3.51. The van der Waals surface area contributed by atoms with Gasteiger partial charge in [-0.1, -0.05) is 35.5 Å². The maximum absolute atomic E-state index is 6.32. The minimum Gasteiger partial charge on any atom is -0.474 e. The van der Waals surface area contributed by atoms with Crippen LogP contribution in [0.1, 0.15) is 49.3 Å². The molecule has 1 atom stereocenters. The van der Waals surface area contributed by atoms with E-state index >= 15 is 0 Å². The van der Waals surface area contributed by atoms with E-state index in [-0.39, 0.29) is 6.10 Å². The molecule has 0 saturated heterocycles. The zero-order valence-corrected chi connectivity index (χ0v) is 19.7. The summed E-state index contributed by atoms with van der Waals surface area (Å²) in [7, 11) is 0. The Hall–Kier alpha value is -3.32. The zero-order valence-electron chi connectivity index (χ0n) is 18.9. The first-order valence-corrected chi connectivity index (χ1v) is 11.5. The van der Waals surface area contributed by atoms with Gasteiger partial charge in [0.2, 0.25) is 11.7 Å². The number of nitrogens with one attached hydrogen (secondary N) is 2. The van der Waals surface area contributed by atoms with Crippen molar-refractivity contribution < 1.29 is 9.26 Å². The molecule has 7 nitrogen and oxygen atoms in total. The van der Waals surface area contributed by atoms with E-state index in [2.05, 4.69) is 57.7 Å². The molecule has 0 saturated carbocycles. The highest BCUT2D eigenvalue weighted by atomic mass is 35.5. The first-order valence-electron chi connectivity index (χ1n) is 11.1. The molecule has 0 bridgehead atoms. The number of pyridine rings is 1. The Morgan fingerprint density at radius 2 is 2.15 bits per heavy atom. The molecule has 3 aromatic rings. The van der Waals surface area contributed by atoms with Crippen molar-refractivity contribution in [2.45, 2.75) is 52.1 Å². The van der Waals surface area contributed by atoms with Crippen LogP contribution >= 0.6 is 11.6 Å². The van der Waals surface area contributed by atoms with Crippen molar-refractivity contribution in [2.24, 2.45) is 0 Å². The molecule has 5 rings (SSSR count). The van der Waals surface area contributed by atoms with Gasteiger partial charge in [-0.3, -0.25) is 0 Å². The smallest absolute Gasteiger partial charge is 0.259 e. The minimum absolute atomic E-state index is 0.0134. The summed E-state index contributed by atoms with van der Waals surface area (Å²) in [6, 6.07) is 6.04. The zero-order chi connectivity index (χ0) is 23.1. The summed E-state index contributed by atoms with van der Waals surface area (Å²) in [6.45, 7) is 9.93. The number of hydrogen-bond donors (Lipinski definition) is 2. The fourth-order valence-electron chi connectivity index (χ4n) is 4.54. The number of nitrogens with zero attached hydrogens (tertiary/aromatic N) is 3. The van der Waals surface area contributed by atoms with Crippen LogP contribution in [-0.4, -0.2) is 21.2 Å². The standard InChI is InChI=1S/C25H26ClN5O2/c1-13(2)32-25-22(26)11-17(12-27-25)24-28-23(31-33-24)20-7-8-21-16(5-6-19(21)15(20)4)10-18-9-14(3)29-30-18/h7-9,11-13,16,29-30H,3,5-6,10H2,1-2,4H3. The van der Waals surface area contributed by atoms with Gasteiger partial charge in [-0.15, -0.1) is 0 Å². The van der Waals surface area contributed by atoms with Gasteiger partial charge in [-0.05, 0) is 74.8 Å². The van der Waals surface area contributed by atoms with Gasteiger partial charge >= 0.3 is 0 Å². The van der Waals surface area contributed by atoms with Gasteiger partial charge < -0.3 is 20.1 Å². The predicted octanol–water partition coefficient (Wildman–Crippen LogP) is 5.47. The molecule has 0 radical (unpaired) electrons. The molecule has 33 heavy (non-hydrogen) atoms. The number of fused-ring (bicyclic) bond motifs is 1. The third kappa shape index (κ3) is 4.20. The average molecular weight is 464 g/mol. The molecule has 0 fully saturated rings. The van der Waals surface area contributed by atoms with Gasteiger partial charge in [0.15, 0.2) is 0 Å². The van der Waals surface area contributed by atoms with Crippen molar-refractivity contribution in [3.8, 4) is 28.7 Å². The molecular formula is C25H26ClN5O2. The first-order chi connectivity index (χ1) is 15.9. The summed E-state index contributed by atoms with van der Waals surface area (Å²) < 4.78 is 11.1. The van der Waals surface area contributed by atoms with E-state index in [9.17, 15) is 0 Å². The normalized spacial score (nSPS) is 17.1. The van der Waals surface area contributed by atoms with Gasteiger partial charge in [-0.2, -0.15) is 4.98 Å². The summed E-state index contributed by atoms with van der Waals surface area (Å²) in [5.74, 6) is 1.82. The van der Waals surface area contributed by atoms with Crippen molar-refractivity contribution in [1.82, 2.24) is 26.0 Å². The Balaban J connectivity index is 1.39. The SMILES string of the molecule is C=C1C=C(CC2CCc3c2ccc(-c2noc(-c4cnc(OC(C)C)c(Cl)c4)n2)c3C)NN1. The Morgan fingerprint density at radius 1 is 1.30 bits per heavy atom. The van der Waals surface area contributed by atoms with Crippen molar-refractivity contribution in [1.29, 1.82) is 0 Å². The topological polar surface area (TPSA) is 85.1 Å². The number of hydrazine groups is 1. The summed E-state index contributed by atoms with van der Waals surface area (Å²) in [4.78, 5) is 8.92. The van der Waals surface area contributed by atoms with Gasteiger partial charge in [0.25, 0.3) is 5.89 Å². The first kappa shape index (κ1) is 21.5. The third-order valence-electron chi connectivity index (χ3n) is 6.08. The fraction of sp³-hybridized carbons (Fsp3) is 0.320. The summed E-state index contributed by atoms with van der Waals surface area (Å²) in [5, 5.41) is 4.64. The third-order valence-corrected chi connectivity index (χ3v) is 6.36.